The molecule has 1 aromatic heterocycles. The molecular weight excluding hydrogens is 346 g/mol. The lowest BCUT2D eigenvalue weighted by atomic mass is 9.75. The van der Waals surface area contributed by atoms with Gasteiger partial charge in [-0.15, -0.1) is 11.3 Å². The highest BCUT2D eigenvalue weighted by Crippen LogP contribution is 2.35. The van der Waals surface area contributed by atoms with E-state index in [1.54, 1.807) is 14.0 Å². The van der Waals surface area contributed by atoms with Crippen LogP contribution in [0.15, 0.2) is 35.7 Å². The summed E-state index contributed by atoms with van der Waals surface area (Å²) in [6.45, 7) is 4.53. The third-order valence-corrected chi connectivity index (χ3v) is 6.28. The Morgan fingerprint density at radius 3 is 2.88 bits per heavy atom. The van der Waals surface area contributed by atoms with Crippen molar-refractivity contribution in [2.24, 2.45) is 5.41 Å². The van der Waals surface area contributed by atoms with Gasteiger partial charge >= 0.3 is 0 Å². The van der Waals surface area contributed by atoms with Gasteiger partial charge in [-0.2, -0.15) is 0 Å². The molecular formula is C21H27NO3S. The van der Waals surface area contributed by atoms with Crippen molar-refractivity contribution >= 4 is 17.1 Å². The molecule has 0 amide bonds. The number of carbonyl (C=O) groups excluding carboxylic acids is 1. The number of carbonyl (C=O) groups is 1. The number of benzene rings is 1. The summed E-state index contributed by atoms with van der Waals surface area (Å²) in [5.74, 6) is 0.987. The smallest absolute Gasteiger partial charge is 0.169 e. The Kier molecular flexibility index (Phi) is 6.12. The Balaban J connectivity index is 1.70. The summed E-state index contributed by atoms with van der Waals surface area (Å²) in [6.07, 6.45) is 2.95. The number of Topliss-reactive ketones (excluding diaryl/α,β-unsaturated/α-hetero) is 1. The summed E-state index contributed by atoms with van der Waals surface area (Å²) >= 11 is 1.52. The molecule has 0 saturated carbocycles. The second-order valence-corrected chi connectivity index (χ2v) is 8.29. The molecule has 1 atom stereocenters. The molecule has 5 heteroatoms. The average molecular weight is 374 g/mol. The van der Waals surface area contributed by atoms with E-state index >= 15 is 0 Å². The molecule has 2 aromatic rings. The van der Waals surface area contributed by atoms with Crippen molar-refractivity contribution in [3.63, 3.8) is 0 Å². The number of ether oxygens (including phenoxy) is 1. The van der Waals surface area contributed by atoms with Crippen molar-refractivity contribution in [1.82, 2.24) is 4.90 Å². The van der Waals surface area contributed by atoms with Crippen molar-refractivity contribution in [2.45, 2.75) is 32.7 Å². The van der Waals surface area contributed by atoms with E-state index in [2.05, 4.69) is 22.4 Å². The Bertz CT molecular complexity index is 757. The van der Waals surface area contributed by atoms with Crippen LogP contribution in [0.5, 0.6) is 5.75 Å². The lowest BCUT2D eigenvalue weighted by Crippen LogP contribution is -2.46. The Hall–Kier alpha value is -1.69. The third kappa shape index (κ3) is 4.53. The zero-order valence-corrected chi connectivity index (χ0v) is 16.3. The number of rotatable bonds is 7. The highest BCUT2D eigenvalue weighted by molar-refractivity contribution is 7.12. The first-order valence-electron chi connectivity index (χ1n) is 9.08. The molecule has 0 bridgehead atoms. The number of hydrogen-bond donors (Lipinski definition) is 1. The minimum absolute atomic E-state index is 0.121. The van der Waals surface area contributed by atoms with E-state index in [9.17, 15) is 9.90 Å². The second-order valence-electron chi connectivity index (χ2n) is 7.38. The molecule has 0 unspecified atom stereocenters. The van der Waals surface area contributed by atoms with Gasteiger partial charge in [0.05, 0.1) is 18.6 Å². The number of methoxy groups -OCH3 is 1. The molecule has 1 aromatic carbocycles. The van der Waals surface area contributed by atoms with Crippen LogP contribution < -0.4 is 4.74 Å². The molecule has 1 aliphatic heterocycles. The SMILES string of the molecule is COc1cccc(C[C@@]2(CO)CCCN(Cc3csc(C(C)=O)c3)C2)c1. The zero-order chi connectivity index (χ0) is 18.6. The molecule has 1 saturated heterocycles. The van der Waals surface area contributed by atoms with Gasteiger partial charge in [0.15, 0.2) is 5.78 Å². The normalized spacial score (nSPS) is 20.9. The van der Waals surface area contributed by atoms with E-state index in [4.69, 9.17) is 4.74 Å². The van der Waals surface area contributed by atoms with Crippen LogP contribution >= 0.6 is 11.3 Å². The van der Waals surface area contributed by atoms with Crippen LogP contribution in [0.25, 0.3) is 0 Å². The fourth-order valence-corrected chi connectivity index (χ4v) is 4.70. The zero-order valence-electron chi connectivity index (χ0n) is 15.5. The number of aliphatic hydroxyl groups is 1. The highest BCUT2D eigenvalue weighted by Gasteiger charge is 2.35. The van der Waals surface area contributed by atoms with Crippen LogP contribution in [0.1, 0.15) is 40.6 Å². The van der Waals surface area contributed by atoms with E-state index in [1.807, 2.05) is 18.2 Å². The van der Waals surface area contributed by atoms with Gasteiger partial charge in [0.25, 0.3) is 0 Å². The van der Waals surface area contributed by atoms with Gasteiger partial charge in [-0.3, -0.25) is 9.69 Å². The molecule has 0 spiro atoms. The second kappa shape index (κ2) is 8.33. The van der Waals surface area contributed by atoms with E-state index in [0.29, 0.717) is 0 Å². The number of nitrogens with zero attached hydrogens (tertiary/aromatic N) is 1. The summed E-state index contributed by atoms with van der Waals surface area (Å²) in [7, 11) is 1.68. The predicted molar refractivity (Wildman–Crippen MR) is 105 cm³/mol. The molecule has 1 aliphatic rings. The van der Waals surface area contributed by atoms with Crippen molar-refractivity contribution in [3.8, 4) is 5.75 Å². The van der Waals surface area contributed by atoms with E-state index in [0.717, 1.165) is 49.5 Å². The number of piperidine rings is 1. The Labute approximate surface area is 159 Å². The maximum atomic E-state index is 11.5. The maximum absolute atomic E-state index is 11.5. The van der Waals surface area contributed by atoms with Crippen molar-refractivity contribution in [2.75, 3.05) is 26.8 Å². The molecule has 1 fully saturated rings. The van der Waals surface area contributed by atoms with Crippen molar-refractivity contribution in [3.05, 3.63) is 51.7 Å². The molecule has 4 nitrogen and oxygen atoms in total. The fraction of sp³-hybridized carbons (Fsp3) is 0.476. The summed E-state index contributed by atoms with van der Waals surface area (Å²) in [5.41, 5.74) is 2.27. The molecule has 1 N–H and O–H groups in total. The van der Waals surface area contributed by atoms with Gasteiger partial charge in [0.2, 0.25) is 0 Å². The van der Waals surface area contributed by atoms with Gasteiger partial charge in [0.1, 0.15) is 5.75 Å². The largest absolute Gasteiger partial charge is 0.497 e. The monoisotopic (exact) mass is 373 g/mol. The third-order valence-electron chi connectivity index (χ3n) is 5.20. The van der Waals surface area contributed by atoms with Gasteiger partial charge in [-0.1, -0.05) is 12.1 Å². The minimum Gasteiger partial charge on any atom is -0.497 e. The number of aliphatic hydroxyl groups excluding tert-OH is 1. The molecule has 0 radical (unpaired) electrons. The first-order valence-corrected chi connectivity index (χ1v) is 9.96. The summed E-state index contributed by atoms with van der Waals surface area (Å²) in [6, 6.07) is 10.1. The average Bonchev–Trinajstić information content (AvgIpc) is 3.11. The molecule has 140 valence electrons. The van der Waals surface area contributed by atoms with Crippen LogP contribution in [0, 0.1) is 5.41 Å². The molecule has 26 heavy (non-hydrogen) atoms. The van der Waals surface area contributed by atoms with Crippen LogP contribution in [0.3, 0.4) is 0 Å². The van der Waals surface area contributed by atoms with Gasteiger partial charge in [-0.25, -0.2) is 0 Å². The van der Waals surface area contributed by atoms with Crippen LogP contribution in [0.2, 0.25) is 0 Å². The van der Waals surface area contributed by atoms with Gasteiger partial charge in [0, 0.05) is 18.5 Å². The van der Waals surface area contributed by atoms with Crippen LogP contribution in [0.4, 0.5) is 0 Å². The summed E-state index contributed by atoms with van der Waals surface area (Å²) in [5, 5.41) is 12.3. The number of likely N-dealkylation sites (tertiary alicyclic amines) is 1. The topological polar surface area (TPSA) is 49.8 Å². The molecule has 0 aliphatic carbocycles. The Morgan fingerprint density at radius 1 is 1.35 bits per heavy atom. The molecule has 3 rings (SSSR count). The van der Waals surface area contributed by atoms with E-state index < -0.39 is 0 Å². The summed E-state index contributed by atoms with van der Waals surface area (Å²) in [4.78, 5) is 14.7. The number of ketones is 1. The van der Waals surface area contributed by atoms with Crippen molar-refractivity contribution < 1.29 is 14.6 Å². The van der Waals surface area contributed by atoms with Crippen LogP contribution in [-0.4, -0.2) is 42.6 Å². The predicted octanol–water partition coefficient (Wildman–Crippen LogP) is 3.78. The van der Waals surface area contributed by atoms with Crippen LogP contribution in [-0.2, 0) is 13.0 Å². The minimum atomic E-state index is -0.121. The lowest BCUT2D eigenvalue weighted by molar-refractivity contribution is 0.0289. The Morgan fingerprint density at radius 2 is 2.19 bits per heavy atom. The van der Waals surface area contributed by atoms with Gasteiger partial charge in [-0.05, 0) is 67.4 Å². The molecule has 2 heterocycles. The number of hydrogen-bond acceptors (Lipinski definition) is 5. The van der Waals surface area contributed by atoms with E-state index in [1.165, 1.54) is 22.5 Å². The maximum Gasteiger partial charge on any atom is 0.169 e. The first-order chi connectivity index (χ1) is 12.5. The summed E-state index contributed by atoms with van der Waals surface area (Å²) < 4.78 is 5.33. The lowest BCUT2D eigenvalue weighted by Gasteiger charge is -2.42. The fourth-order valence-electron chi connectivity index (χ4n) is 3.89. The number of thiophene rings is 1. The standard InChI is InChI=1S/C21H27NO3S/c1-16(24)20-10-18(13-26-20)12-22-8-4-7-21(14-22,15-23)11-17-5-3-6-19(9-17)25-2/h3,5-6,9-10,13,23H,4,7-8,11-12,14-15H2,1-2H3/t21-/m0/s1. The highest BCUT2D eigenvalue weighted by atomic mass is 32.1. The van der Waals surface area contributed by atoms with Gasteiger partial charge < -0.3 is 9.84 Å². The first kappa shape index (κ1) is 19.1. The van der Waals surface area contributed by atoms with E-state index in [-0.39, 0.29) is 17.8 Å². The van der Waals surface area contributed by atoms with Crippen molar-refractivity contribution in [1.29, 1.82) is 0 Å². The quantitative estimate of drug-likeness (QED) is 0.751.